The van der Waals surface area contributed by atoms with Crippen LogP contribution in [-0.4, -0.2) is 64.0 Å². The van der Waals surface area contributed by atoms with Crippen molar-refractivity contribution >= 4 is 27.5 Å². The maximum absolute atomic E-state index is 12.9. The Morgan fingerprint density at radius 3 is 2.79 bits per heavy atom. The number of nitrogens with zero attached hydrogens (tertiary/aromatic N) is 3. The van der Waals surface area contributed by atoms with Gasteiger partial charge >= 0.3 is 0 Å². The predicted molar refractivity (Wildman–Crippen MR) is 131 cm³/mol. The fourth-order valence-electron chi connectivity index (χ4n) is 4.82. The van der Waals surface area contributed by atoms with Crippen molar-refractivity contribution in [2.75, 3.05) is 37.7 Å². The number of benzene rings is 2. The monoisotopic (exact) mass is 482 g/mol. The van der Waals surface area contributed by atoms with Gasteiger partial charge in [-0.1, -0.05) is 36.8 Å². The van der Waals surface area contributed by atoms with Crippen LogP contribution in [0.25, 0.3) is 0 Å². The van der Waals surface area contributed by atoms with Gasteiger partial charge in [0.2, 0.25) is 0 Å². The number of amides is 1. The number of fused-ring (bicyclic) bond motifs is 3. The van der Waals surface area contributed by atoms with Crippen LogP contribution in [0.15, 0.2) is 57.8 Å². The minimum absolute atomic E-state index is 0.105. The number of carbonyl (C=O) groups excluding carboxylic acids is 1. The molecule has 1 amide bonds. The second kappa shape index (κ2) is 9.85. The number of rotatable bonds is 5. The number of sulfonamides is 1. The van der Waals surface area contributed by atoms with E-state index in [9.17, 15) is 13.2 Å². The van der Waals surface area contributed by atoms with E-state index < -0.39 is 10.0 Å². The normalized spacial score (nSPS) is 22.2. The van der Waals surface area contributed by atoms with Crippen molar-refractivity contribution in [3.8, 4) is 0 Å². The van der Waals surface area contributed by atoms with E-state index >= 15 is 0 Å². The van der Waals surface area contributed by atoms with E-state index in [1.54, 1.807) is 12.1 Å². The summed E-state index contributed by atoms with van der Waals surface area (Å²) in [5.41, 5.74) is 2.18. The van der Waals surface area contributed by atoms with Crippen molar-refractivity contribution in [3.63, 3.8) is 0 Å². The number of carbonyl (C=O) groups is 1. The zero-order chi connectivity index (χ0) is 23.5. The van der Waals surface area contributed by atoms with Crippen LogP contribution in [0, 0.1) is 0 Å². The third-order valence-corrected chi connectivity index (χ3v) is 7.91. The van der Waals surface area contributed by atoms with Crippen LogP contribution < -0.4 is 10.2 Å². The minimum atomic E-state index is -3.82. The molecular weight excluding hydrogens is 452 g/mol. The second-order valence-electron chi connectivity index (χ2n) is 9.05. The SMILES string of the molecule is O=C(NC[C@H]1CN(Cc2ccccc2)CCO1)c1ccc2c(c1)S(=O)(=O)N=C1CCCCCN12. The minimum Gasteiger partial charge on any atom is -0.374 e. The largest absolute Gasteiger partial charge is 0.374 e. The average Bonchev–Trinajstić information content (AvgIpc) is 3.08. The van der Waals surface area contributed by atoms with Gasteiger partial charge in [0.05, 0.1) is 18.4 Å². The maximum atomic E-state index is 12.9. The van der Waals surface area contributed by atoms with E-state index in [2.05, 4.69) is 26.7 Å². The van der Waals surface area contributed by atoms with Crippen molar-refractivity contribution in [2.45, 2.75) is 43.2 Å². The lowest BCUT2D eigenvalue weighted by molar-refractivity contribution is -0.0292. The zero-order valence-electron chi connectivity index (χ0n) is 19.2. The standard InChI is InChI=1S/C25H30N4O4S/c30-25(26-16-21-18-28(13-14-33-21)17-19-7-3-1-4-8-19)20-10-11-22-23(15-20)34(31,32)27-24-9-5-2-6-12-29(22)24/h1,3-4,7-8,10-11,15,21H,2,5-6,9,12-14,16-18H2,(H,26,30)/t21-/m0/s1. The molecule has 0 aromatic heterocycles. The van der Waals surface area contributed by atoms with E-state index in [4.69, 9.17) is 4.74 Å². The summed E-state index contributed by atoms with van der Waals surface area (Å²) in [4.78, 5) is 17.3. The van der Waals surface area contributed by atoms with Crippen molar-refractivity contribution in [3.05, 3.63) is 59.7 Å². The van der Waals surface area contributed by atoms with Gasteiger partial charge in [-0.05, 0) is 36.6 Å². The molecule has 0 saturated carbocycles. The topological polar surface area (TPSA) is 91.3 Å². The molecule has 9 heteroatoms. The van der Waals surface area contributed by atoms with Crippen LogP contribution in [0.4, 0.5) is 5.69 Å². The molecule has 8 nitrogen and oxygen atoms in total. The molecule has 3 aliphatic heterocycles. The van der Waals surface area contributed by atoms with E-state index in [1.165, 1.54) is 11.6 Å². The Morgan fingerprint density at radius 1 is 1.09 bits per heavy atom. The highest BCUT2D eigenvalue weighted by Crippen LogP contribution is 2.35. The molecular formula is C25H30N4O4S. The summed E-state index contributed by atoms with van der Waals surface area (Å²) in [6.45, 7) is 4.13. The number of hydrogen-bond donors (Lipinski definition) is 1. The molecule has 180 valence electrons. The van der Waals surface area contributed by atoms with Gasteiger partial charge in [0, 0.05) is 44.7 Å². The lowest BCUT2D eigenvalue weighted by Gasteiger charge is -2.33. The van der Waals surface area contributed by atoms with Gasteiger partial charge in [0.1, 0.15) is 10.7 Å². The van der Waals surface area contributed by atoms with E-state index in [0.717, 1.165) is 45.4 Å². The molecule has 3 heterocycles. The Morgan fingerprint density at radius 2 is 1.94 bits per heavy atom. The van der Waals surface area contributed by atoms with Crippen LogP contribution in [-0.2, 0) is 21.3 Å². The summed E-state index contributed by atoms with van der Waals surface area (Å²) in [5, 5.41) is 2.92. The molecule has 1 N–H and O–H groups in total. The number of amidine groups is 1. The highest BCUT2D eigenvalue weighted by molar-refractivity contribution is 7.90. The van der Waals surface area contributed by atoms with Crippen molar-refractivity contribution in [1.82, 2.24) is 10.2 Å². The lowest BCUT2D eigenvalue weighted by Crippen LogP contribution is -2.47. The van der Waals surface area contributed by atoms with Crippen molar-refractivity contribution < 1.29 is 17.9 Å². The Balaban J connectivity index is 1.24. The Bertz CT molecular complexity index is 1180. The molecule has 0 unspecified atom stereocenters. The summed E-state index contributed by atoms with van der Waals surface area (Å²) in [6.07, 6.45) is 3.52. The molecule has 0 radical (unpaired) electrons. The first-order valence-corrected chi connectivity index (χ1v) is 13.4. The first kappa shape index (κ1) is 23.0. The fraction of sp³-hybridized carbons (Fsp3) is 0.440. The first-order valence-electron chi connectivity index (χ1n) is 11.9. The Hall–Kier alpha value is -2.75. The molecule has 0 aliphatic carbocycles. The van der Waals surface area contributed by atoms with Gasteiger partial charge in [-0.3, -0.25) is 9.69 Å². The van der Waals surface area contributed by atoms with Crippen LogP contribution >= 0.6 is 0 Å². The Labute approximate surface area is 200 Å². The summed E-state index contributed by atoms with van der Waals surface area (Å²) in [6, 6.07) is 15.2. The highest BCUT2D eigenvalue weighted by atomic mass is 32.2. The molecule has 2 aromatic rings. The van der Waals surface area contributed by atoms with Crippen LogP contribution in [0.5, 0.6) is 0 Å². The van der Waals surface area contributed by atoms with Gasteiger partial charge < -0.3 is 15.0 Å². The zero-order valence-corrected chi connectivity index (χ0v) is 20.0. The quantitative estimate of drug-likeness (QED) is 0.705. The summed E-state index contributed by atoms with van der Waals surface area (Å²) < 4.78 is 35.6. The van der Waals surface area contributed by atoms with Crippen molar-refractivity contribution in [1.29, 1.82) is 0 Å². The molecule has 0 bridgehead atoms. The smallest absolute Gasteiger partial charge is 0.286 e. The molecule has 2 aromatic carbocycles. The van der Waals surface area contributed by atoms with Gasteiger partial charge in [-0.2, -0.15) is 8.42 Å². The number of nitrogens with one attached hydrogen (secondary N) is 1. The fourth-order valence-corrected chi connectivity index (χ4v) is 6.10. The Kier molecular flexibility index (Phi) is 6.67. The first-order chi connectivity index (χ1) is 16.5. The molecule has 0 spiro atoms. The number of anilines is 1. The predicted octanol–water partition coefficient (Wildman–Crippen LogP) is 2.80. The third-order valence-electron chi connectivity index (χ3n) is 6.57. The number of morpholine rings is 1. The summed E-state index contributed by atoms with van der Waals surface area (Å²) in [5.74, 6) is 0.295. The van der Waals surface area contributed by atoms with Gasteiger partial charge in [-0.15, -0.1) is 4.40 Å². The summed E-state index contributed by atoms with van der Waals surface area (Å²) >= 11 is 0. The molecule has 1 atom stereocenters. The van der Waals surface area contributed by atoms with Crippen LogP contribution in [0.3, 0.4) is 0 Å². The van der Waals surface area contributed by atoms with Crippen molar-refractivity contribution in [2.24, 2.45) is 4.40 Å². The van der Waals surface area contributed by atoms with Gasteiger partial charge in [0.25, 0.3) is 15.9 Å². The van der Waals surface area contributed by atoms with Gasteiger partial charge in [0.15, 0.2) is 0 Å². The maximum Gasteiger partial charge on any atom is 0.286 e. The molecule has 2 saturated heterocycles. The van der Waals surface area contributed by atoms with E-state index in [-0.39, 0.29) is 16.9 Å². The lowest BCUT2D eigenvalue weighted by atomic mass is 10.1. The van der Waals surface area contributed by atoms with E-state index in [1.807, 2.05) is 23.1 Å². The summed E-state index contributed by atoms with van der Waals surface area (Å²) in [7, 11) is -3.82. The second-order valence-corrected chi connectivity index (χ2v) is 10.6. The van der Waals surface area contributed by atoms with Crippen LogP contribution in [0.2, 0.25) is 0 Å². The third kappa shape index (κ3) is 5.01. The molecule has 3 aliphatic rings. The number of ether oxygens (including phenoxy) is 1. The van der Waals surface area contributed by atoms with Gasteiger partial charge in [-0.25, -0.2) is 0 Å². The van der Waals surface area contributed by atoms with Crippen LogP contribution in [0.1, 0.15) is 41.6 Å². The molecule has 34 heavy (non-hydrogen) atoms. The highest BCUT2D eigenvalue weighted by Gasteiger charge is 2.32. The molecule has 2 fully saturated rings. The number of hydrogen-bond acceptors (Lipinski definition) is 6. The molecule has 5 rings (SSSR count). The average molecular weight is 483 g/mol. The van der Waals surface area contributed by atoms with E-state index in [0.29, 0.717) is 36.7 Å².